The molecule has 0 radical (unpaired) electrons. The number of fused-ring (bicyclic) bond motifs is 1. The van der Waals surface area contributed by atoms with E-state index in [1.54, 1.807) is 5.56 Å². The molecule has 2 aliphatic rings. The summed E-state index contributed by atoms with van der Waals surface area (Å²) in [5, 5.41) is 3.70. The number of piperidine rings is 1. The third-order valence-corrected chi connectivity index (χ3v) is 4.56. The summed E-state index contributed by atoms with van der Waals surface area (Å²) in [6.07, 6.45) is 5.37. The molecule has 2 heteroatoms. The van der Waals surface area contributed by atoms with Crippen LogP contribution >= 0.6 is 0 Å². The van der Waals surface area contributed by atoms with E-state index in [1.165, 1.54) is 44.3 Å². The van der Waals surface area contributed by atoms with Crippen molar-refractivity contribution in [2.75, 3.05) is 13.1 Å². The van der Waals surface area contributed by atoms with Gasteiger partial charge >= 0.3 is 0 Å². The molecule has 2 aliphatic heterocycles. The van der Waals surface area contributed by atoms with Gasteiger partial charge in [-0.05, 0) is 43.9 Å². The summed E-state index contributed by atoms with van der Waals surface area (Å²) in [7, 11) is 0. The van der Waals surface area contributed by atoms with Crippen molar-refractivity contribution in [3.8, 4) is 0 Å². The van der Waals surface area contributed by atoms with Crippen LogP contribution in [0, 0.1) is 0 Å². The smallest absolute Gasteiger partial charge is 0.0238 e. The molecule has 2 nitrogen and oxygen atoms in total. The first-order chi connectivity index (χ1) is 8.83. The van der Waals surface area contributed by atoms with Crippen LogP contribution in [0.2, 0.25) is 0 Å². The Morgan fingerprint density at radius 2 is 2.06 bits per heavy atom. The molecule has 0 aromatic heterocycles. The zero-order chi connectivity index (χ0) is 12.4. The van der Waals surface area contributed by atoms with E-state index >= 15 is 0 Å². The molecule has 0 amide bonds. The molecule has 1 fully saturated rings. The summed E-state index contributed by atoms with van der Waals surface area (Å²) < 4.78 is 0. The highest BCUT2D eigenvalue weighted by Gasteiger charge is 2.24. The van der Waals surface area contributed by atoms with Crippen molar-refractivity contribution in [3.05, 3.63) is 35.4 Å². The molecular formula is C16H24N2. The summed E-state index contributed by atoms with van der Waals surface area (Å²) in [5.74, 6) is 0. The highest BCUT2D eigenvalue weighted by molar-refractivity contribution is 5.29. The second kappa shape index (κ2) is 5.41. The zero-order valence-electron chi connectivity index (χ0n) is 11.4. The Balaban J connectivity index is 1.62. The number of rotatable bonds is 2. The molecule has 0 saturated carbocycles. The first-order valence-electron chi connectivity index (χ1n) is 7.37. The average molecular weight is 244 g/mol. The lowest BCUT2D eigenvalue weighted by Crippen LogP contribution is -2.48. The van der Waals surface area contributed by atoms with Crippen molar-refractivity contribution in [1.82, 2.24) is 10.2 Å². The normalized spacial score (nSPS) is 28.9. The molecule has 1 aromatic rings. The molecular weight excluding hydrogens is 220 g/mol. The molecule has 0 spiro atoms. The Hall–Kier alpha value is -0.860. The van der Waals surface area contributed by atoms with Gasteiger partial charge in [0.05, 0.1) is 0 Å². The second-order valence-corrected chi connectivity index (χ2v) is 5.89. The standard InChI is InChI=1S/C16H24N2/c1-13-6-4-5-9-18(13)12-16-10-14-7-2-3-8-15(14)11-17-16/h2-3,7-8,13,16-17H,4-6,9-12H2,1H3/t13-,16+/m1/s1. The number of nitrogens with one attached hydrogen (secondary N) is 1. The zero-order valence-corrected chi connectivity index (χ0v) is 11.4. The minimum absolute atomic E-state index is 0.639. The SMILES string of the molecule is C[C@@H]1CCCCN1C[C@@H]1Cc2ccccc2CN1. The summed E-state index contributed by atoms with van der Waals surface area (Å²) >= 11 is 0. The lowest BCUT2D eigenvalue weighted by atomic mass is 9.94. The Labute approximate surface area is 110 Å². The predicted octanol–water partition coefficient (Wildman–Crippen LogP) is 2.58. The van der Waals surface area contributed by atoms with Crippen LogP contribution in [-0.4, -0.2) is 30.1 Å². The van der Waals surface area contributed by atoms with Crippen molar-refractivity contribution in [3.63, 3.8) is 0 Å². The van der Waals surface area contributed by atoms with Gasteiger partial charge in [-0.1, -0.05) is 30.7 Å². The van der Waals surface area contributed by atoms with Crippen LogP contribution in [0.25, 0.3) is 0 Å². The van der Waals surface area contributed by atoms with Crippen LogP contribution in [0.1, 0.15) is 37.3 Å². The molecule has 2 atom stereocenters. The van der Waals surface area contributed by atoms with Gasteiger partial charge in [0.15, 0.2) is 0 Å². The Morgan fingerprint density at radius 3 is 2.89 bits per heavy atom. The van der Waals surface area contributed by atoms with Gasteiger partial charge < -0.3 is 5.32 Å². The van der Waals surface area contributed by atoms with Crippen LogP contribution in [-0.2, 0) is 13.0 Å². The maximum atomic E-state index is 3.70. The molecule has 1 saturated heterocycles. The monoisotopic (exact) mass is 244 g/mol. The summed E-state index contributed by atoms with van der Waals surface area (Å²) in [5.41, 5.74) is 3.03. The van der Waals surface area contributed by atoms with E-state index < -0.39 is 0 Å². The van der Waals surface area contributed by atoms with Crippen molar-refractivity contribution in [2.24, 2.45) is 0 Å². The number of nitrogens with zero attached hydrogens (tertiary/aromatic N) is 1. The number of hydrogen-bond acceptors (Lipinski definition) is 2. The van der Waals surface area contributed by atoms with Crippen molar-refractivity contribution >= 4 is 0 Å². The highest BCUT2D eigenvalue weighted by Crippen LogP contribution is 2.20. The Morgan fingerprint density at radius 1 is 1.22 bits per heavy atom. The van der Waals surface area contributed by atoms with Crippen molar-refractivity contribution in [1.29, 1.82) is 0 Å². The van der Waals surface area contributed by atoms with E-state index in [1.807, 2.05) is 0 Å². The quantitative estimate of drug-likeness (QED) is 0.860. The number of hydrogen-bond donors (Lipinski definition) is 1. The van der Waals surface area contributed by atoms with Crippen LogP contribution in [0.3, 0.4) is 0 Å². The van der Waals surface area contributed by atoms with E-state index in [0.717, 1.165) is 12.6 Å². The number of benzene rings is 1. The van der Waals surface area contributed by atoms with Gasteiger partial charge in [0, 0.05) is 25.2 Å². The molecule has 18 heavy (non-hydrogen) atoms. The van der Waals surface area contributed by atoms with E-state index in [-0.39, 0.29) is 0 Å². The maximum absolute atomic E-state index is 3.70. The third kappa shape index (κ3) is 2.60. The fourth-order valence-electron chi connectivity index (χ4n) is 3.36. The van der Waals surface area contributed by atoms with Gasteiger partial charge in [-0.15, -0.1) is 0 Å². The van der Waals surface area contributed by atoms with Crippen LogP contribution in [0.4, 0.5) is 0 Å². The van der Waals surface area contributed by atoms with Crippen molar-refractivity contribution in [2.45, 2.75) is 51.2 Å². The molecule has 2 heterocycles. The molecule has 98 valence electrons. The first-order valence-corrected chi connectivity index (χ1v) is 7.37. The summed E-state index contributed by atoms with van der Waals surface area (Å²) in [6.45, 7) is 5.94. The van der Waals surface area contributed by atoms with Gasteiger partial charge in [-0.2, -0.15) is 0 Å². The van der Waals surface area contributed by atoms with Crippen LogP contribution in [0.15, 0.2) is 24.3 Å². The fraction of sp³-hybridized carbons (Fsp3) is 0.625. The van der Waals surface area contributed by atoms with E-state index in [4.69, 9.17) is 0 Å². The number of likely N-dealkylation sites (tertiary alicyclic amines) is 1. The fourth-order valence-corrected chi connectivity index (χ4v) is 3.36. The predicted molar refractivity (Wildman–Crippen MR) is 75.7 cm³/mol. The molecule has 0 aliphatic carbocycles. The summed E-state index contributed by atoms with van der Waals surface area (Å²) in [6, 6.07) is 10.3. The second-order valence-electron chi connectivity index (χ2n) is 5.89. The minimum Gasteiger partial charge on any atom is -0.308 e. The Bertz CT molecular complexity index is 402. The molecule has 1 aromatic carbocycles. The molecule has 0 unspecified atom stereocenters. The maximum Gasteiger partial charge on any atom is 0.0238 e. The van der Waals surface area contributed by atoms with Crippen LogP contribution in [0.5, 0.6) is 0 Å². The first kappa shape index (κ1) is 12.2. The lowest BCUT2D eigenvalue weighted by molar-refractivity contribution is 0.142. The van der Waals surface area contributed by atoms with E-state index in [2.05, 4.69) is 41.4 Å². The largest absolute Gasteiger partial charge is 0.308 e. The van der Waals surface area contributed by atoms with Crippen molar-refractivity contribution < 1.29 is 0 Å². The molecule has 1 N–H and O–H groups in total. The minimum atomic E-state index is 0.639. The van der Waals surface area contributed by atoms with Gasteiger partial charge in [-0.25, -0.2) is 0 Å². The van der Waals surface area contributed by atoms with Gasteiger partial charge in [-0.3, -0.25) is 4.90 Å². The lowest BCUT2D eigenvalue weighted by Gasteiger charge is -2.37. The van der Waals surface area contributed by atoms with Gasteiger partial charge in [0.1, 0.15) is 0 Å². The Kier molecular flexibility index (Phi) is 3.67. The molecule has 3 rings (SSSR count). The molecule has 0 bridgehead atoms. The van der Waals surface area contributed by atoms with E-state index in [0.29, 0.717) is 6.04 Å². The highest BCUT2D eigenvalue weighted by atomic mass is 15.2. The van der Waals surface area contributed by atoms with Gasteiger partial charge in [0.2, 0.25) is 0 Å². The van der Waals surface area contributed by atoms with Gasteiger partial charge in [0.25, 0.3) is 0 Å². The average Bonchev–Trinajstić information content (AvgIpc) is 2.41. The summed E-state index contributed by atoms with van der Waals surface area (Å²) in [4.78, 5) is 2.68. The van der Waals surface area contributed by atoms with Crippen LogP contribution < -0.4 is 5.32 Å². The topological polar surface area (TPSA) is 15.3 Å². The third-order valence-electron chi connectivity index (χ3n) is 4.56. The van der Waals surface area contributed by atoms with E-state index in [9.17, 15) is 0 Å².